The molecule has 4 nitrogen and oxygen atoms in total. The molecule has 0 spiro atoms. The Labute approximate surface area is 150 Å². The third-order valence-corrected chi connectivity index (χ3v) is 4.66. The van der Waals surface area contributed by atoms with E-state index < -0.39 is 0 Å². The van der Waals surface area contributed by atoms with Gasteiger partial charge in [0.25, 0.3) is 0 Å². The highest BCUT2D eigenvalue weighted by Crippen LogP contribution is 2.32. The first-order chi connectivity index (χ1) is 12.2. The molecule has 0 saturated heterocycles. The molecule has 2 aromatic heterocycles. The van der Waals surface area contributed by atoms with Crippen LogP contribution in [0.4, 0.5) is 0 Å². The van der Waals surface area contributed by atoms with Gasteiger partial charge >= 0.3 is 0 Å². The molecule has 0 bridgehead atoms. The summed E-state index contributed by atoms with van der Waals surface area (Å²) in [5.41, 5.74) is 4.74. The van der Waals surface area contributed by atoms with Crippen molar-refractivity contribution >= 4 is 21.6 Å². The van der Waals surface area contributed by atoms with Crippen molar-refractivity contribution < 1.29 is 5.11 Å². The number of thiazole rings is 1. The first-order valence-corrected chi connectivity index (χ1v) is 9.01. The van der Waals surface area contributed by atoms with E-state index in [1.54, 1.807) is 23.5 Å². The van der Waals surface area contributed by atoms with Crippen LogP contribution in [0.15, 0.2) is 54.6 Å². The summed E-state index contributed by atoms with van der Waals surface area (Å²) in [4.78, 5) is 4.62. The number of benzene rings is 2. The molecule has 4 aromatic rings. The minimum Gasteiger partial charge on any atom is -0.508 e. The Hall–Kier alpha value is -2.79. The van der Waals surface area contributed by atoms with Crippen LogP contribution in [0, 0.1) is 6.92 Å². The van der Waals surface area contributed by atoms with E-state index in [1.165, 1.54) is 0 Å². The summed E-state index contributed by atoms with van der Waals surface area (Å²) in [6, 6.07) is 17.3. The van der Waals surface area contributed by atoms with Crippen molar-refractivity contribution in [1.29, 1.82) is 0 Å². The zero-order valence-corrected chi connectivity index (χ0v) is 15.2. The number of aromatic nitrogens is 3. The van der Waals surface area contributed by atoms with E-state index in [-0.39, 0.29) is 5.75 Å². The maximum absolute atomic E-state index is 9.56. The van der Waals surface area contributed by atoms with Crippen molar-refractivity contribution in [2.75, 3.05) is 0 Å². The molecule has 0 amide bonds. The number of fused-ring (bicyclic) bond motifs is 1. The fourth-order valence-corrected chi connectivity index (χ4v) is 3.38. The lowest BCUT2D eigenvalue weighted by molar-refractivity contribution is 0.476. The molecule has 0 saturated carbocycles. The van der Waals surface area contributed by atoms with Gasteiger partial charge in [0.2, 0.25) is 0 Å². The highest BCUT2D eigenvalue weighted by molar-refractivity contribution is 7.21. The Morgan fingerprint density at radius 2 is 1.56 bits per heavy atom. The Bertz CT molecular complexity index is 976. The number of aryl methyl sites for hydroxylation is 1. The van der Waals surface area contributed by atoms with Crippen molar-refractivity contribution in [2.24, 2.45) is 0 Å². The molecule has 0 unspecified atom stereocenters. The molecule has 0 fully saturated rings. The lowest BCUT2D eigenvalue weighted by Crippen LogP contribution is -1.89. The highest BCUT2D eigenvalue weighted by Gasteiger charge is 2.08. The standard InChI is InChI=1S/C18H13N3OS.C2H6/c1-11-2-8-15(21-20-11)12-3-5-13(6-4-12)18-19-16-9-7-14(22)10-17(16)23-18;1-2/h2-10,22H,1H3;1-2H3. The van der Waals surface area contributed by atoms with Gasteiger partial charge in [-0.05, 0) is 37.3 Å². The molecule has 25 heavy (non-hydrogen) atoms. The maximum atomic E-state index is 9.56. The van der Waals surface area contributed by atoms with E-state index in [4.69, 9.17) is 0 Å². The summed E-state index contributed by atoms with van der Waals surface area (Å²) in [6.45, 7) is 5.92. The van der Waals surface area contributed by atoms with Crippen LogP contribution in [0.2, 0.25) is 0 Å². The van der Waals surface area contributed by atoms with Crippen molar-refractivity contribution in [2.45, 2.75) is 20.8 Å². The molecule has 0 atom stereocenters. The number of rotatable bonds is 2. The maximum Gasteiger partial charge on any atom is 0.124 e. The van der Waals surface area contributed by atoms with Gasteiger partial charge in [0.15, 0.2) is 0 Å². The van der Waals surface area contributed by atoms with Gasteiger partial charge in [0, 0.05) is 11.1 Å². The fourth-order valence-electron chi connectivity index (χ4n) is 2.37. The number of hydrogen-bond acceptors (Lipinski definition) is 5. The lowest BCUT2D eigenvalue weighted by atomic mass is 10.1. The molecule has 4 rings (SSSR count). The lowest BCUT2D eigenvalue weighted by Gasteiger charge is -2.01. The molecular weight excluding hydrogens is 330 g/mol. The molecule has 0 radical (unpaired) electrons. The molecule has 126 valence electrons. The van der Waals surface area contributed by atoms with Gasteiger partial charge < -0.3 is 5.11 Å². The van der Waals surface area contributed by atoms with Crippen molar-refractivity contribution in [3.05, 3.63) is 60.3 Å². The van der Waals surface area contributed by atoms with Gasteiger partial charge in [-0.3, -0.25) is 0 Å². The summed E-state index contributed by atoms with van der Waals surface area (Å²) >= 11 is 1.57. The van der Waals surface area contributed by atoms with Gasteiger partial charge in [-0.1, -0.05) is 38.1 Å². The Kier molecular flexibility index (Phi) is 5.05. The van der Waals surface area contributed by atoms with Crippen LogP contribution in [0.1, 0.15) is 19.5 Å². The first kappa shape index (κ1) is 17.0. The minimum absolute atomic E-state index is 0.265. The van der Waals surface area contributed by atoms with Crippen molar-refractivity contribution in [3.8, 4) is 27.6 Å². The number of phenolic OH excluding ortho intramolecular Hbond substituents is 1. The van der Waals surface area contributed by atoms with Gasteiger partial charge in [0.05, 0.1) is 21.6 Å². The van der Waals surface area contributed by atoms with E-state index in [0.29, 0.717) is 0 Å². The van der Waals surface area contributed by atoms with Gasteiger partial charge in [-0.15, -0.1) is 11.3 Å². The minimum atomic E-state index is 0.265. The summed E-state index contributed by atoms with van der Waals surface area (Å²) in [7, 11) is 0. The molecule has 0 aliphatic rings. The fraction of sp³-hybridized carbons (Fsp3) is 0.150. The van der Waals surface area contributed by atoms with Gasteiger partial charge in [-0.2, -0.15) is 10.2 Å². The Morgan fingerprint density at radius 3 is 2.24 bits per heavy atom. The molecule has 2 heterocycles. The predicted molar refractivity (Wildman–Crippen MR) is 104 cm³/mol. The van der Waals surface area contributed by atoms with Crippen LogP contribution >= 0.6 is 11.3 Å². The molecule has 1 N–H and O–H groups in total. The van der Waals surface area contributed by atoms with E-state index in [2.05, 4.69) is 15.2 Å². The third-order valence-electron chi connectivity index (χ3n) is 3.60. The second-order valence-electron chi connectivity index (χ2n) is 5.31. The molecular formula is C20H19N3OS. The zero-order chi connectivity index (χ0) is 17.8. The average Bonchev–Trinajstić information content (AvgIpc) is 3.07. The quantitative estimate of drug-likeness (QED) is 0.522. The summed E-state index contributed by atoms with van der Waals surface area (Å²) in [5.74, 6) is 0.265. The predicted octanol–water partition coefficient (Wildman–Crippen LogP) is 5.46. The van der Waals surface area contributed by atoms with Crippen molar-refractivity contribution in [1.82, 2.24) is 15.2 Å². The van der Waals surface area contributed by atoms with Gasteiger partial charge in [0.1, 0.15) is 10.8 Å². The Morgan fingerprint density at radius 1 is 0.840 bits per heavy atom. The summed E-state index contributed by atoms with van der Waals surface area (Å²) in [6.07, 6.45) is 0. The summed E-state index contributed by atoms with van der Waals surface area (Å²) in [5, 5.41) is 18.8. The number of hydrogen-bond donors (Lipinski definition) is 1. The average molecular weight is 349 g/mol. The zero-order valence-electron chi connectivity index (χ0n) is 14.4. The van der Waals surface area contributed by atoms with Crippen molar-refractivity contribution in [3.63, 3.8) is 0 Å². The van der Waals surface area contributed by atoms with E-state index in [1.807, 2.05) is 63.2 Å². The molecule has 5 heteroatoms. The van der Waals surface area contributed by atoms with E-state index in [9.17, 15) is 5.11 Å². The van der Waals surface area contributed by atoms with Crippen LogP contribution in [0.25, 0.3) is 32.0 Å². The van der Waals surface area contributed by atoms with Crippen LogP contribution in [-0.4, -0.2) is 20.3 Å². The van der Waals surface area contributed by atoms with Gasteiger partial charge in [-0.25, -0.2) is 4.98 Å². The van der Waals surface area contributed by atoms with E-state index in [0.717, 1.165) is 37.7 Å². The SMILES string of the molecule is CC.Cc1ccc(-c2ccc(-c3nc4ccc(O)cc4s3)cc2)nn1. The number of nitrogens with zero attached hydrogens (tertiary/aromatic N) is 3. The highest BCUT2D eigenvalue weighted by atomic mass is 32.1. The Balaban J connectivity index is 0.000000880. The van der Waals surface area contributed by atoms with Crippen LogP contribution in [0.3, 0.4) is 0 Å². The molecule has 0 aliphatic carbocycles. The second kappa shape index (κ2) is 7.40. The molecule has 2 aromatic carbocycles. The van der Waals surface area contributed by atoms with E-state index >= 15 is 0 Å². The smallest absolute Gasteiger partial charge is 0.124 e. The largest absolute Gasteiger partial charge is 0.508 e. The van der Waals surface area contributed by atoms with Crippen LogP contribution in [-0.2, 0) is 0 Å². The number of phenols is 1. The first-order valence-electron chi connectivity index (χ1n) is 8.20. The van der Waals surface area contributed by atoms with Crippen LogP contribution < -0.4 is 0 Å². The monoisotopic (exact) mass is 349 g/mol. The normalized spacial score (nSPS) is 10.4. The molecule has 0 aliphatic heterocycles. The second-order valence-corrected chi connectivity index (χ2v) is 6.34. The van der Waals surface area contributed by atoms with Crippen LogP contribution in [0.5, 0.6) is 5.75 Å². The number of aromatic hydroxyl groups is 1. The topological polar surface area (TPSA) is 58.9 Å². The summed E-state index contributed by atoms with van der Waals surface area (Å²) < 4.78 is 0.980. The third kappa shape index (κ3) is 3.67.